The summed E-state index contributed by atoms with van der Waals surface area (Å²) in [5.74, 6) is 0.632. The fourth-order valence-corrected chi connectivity index (χ4v) is 3.70. The molecule has 2 atom stereocenters. The van der Waals surface area contributed by atoms with Crippen molar-refractivity contribution >= 4 is 5.97 Å². The van der Waals surface area contributed by atoms with E-state index in [1.807, 2.05) is 48.2 Å². The Morgan fingerprint density at radius 3 is 2.92 bits per heavy atom. The summed E-state index contributed by atoms with van der Waals surface area (Å²) in [6, 6.07) is 10.9. The second-order valence-corrected chi connectivity index (χ2v) is 6.45. The fourth-order valence-electron chi connectivity index (χ4n) is 3.70. The fraction of sp³-hybridized carbons (Fsp3) is 0.368. The highest BCUT2D eigenvalue weighted by molar-refractivity contribution is 5.74. The van der Waals surface area contributed by atoms with E-state index in [1.165, 1.54) is 0 Å². The minimum Gasteiger partial charge on any atom is -0.480 e. The quantitative estimate of drug-likeness (QED) is 0.923. The predicted octanol–water partition coefficient (Wildman–Crippen LogP) is 2.76. The SMILES string of the molecule is Cc1cccc(C(c2ccc3c(c2)OCO3)N2CCCC2C(=O)O)n1. The van der Waals surface area contributed by atoms with Gasteiger partial charge in [-0.2, -0.15) is 0 Å². The Balaban J connectivity index is 1.80. The van der Waals surface area contributed by atoms with Crippen molar-refractivity contribution in [1.82, 2.24) is 9.88 Å². The zero-order valence-corrected chi connectivity index (χ0v) is 14.0. The molecule has 1 fully saturated rings. The number of hydrogen-bond acceptors (Lipinski definition) is 5. The topological polar surface area (TPSA) is 71.9 Å². The molecule has 3 heterocycles. The maximum atomic E-state index is 11.7. The van der Waals surface area contributed by atoms with E-state index in [2.05, 4.69) is 4.98 Å². The summed E-state index contributed by atoms with van der Waals surface area (Å²) in [4.78, 5) is 18.4. The predicted molar refractivity (Wildman–Crippen MR) is 90.7 cm³/mol. The molecule has 6 heteroatoms. The molecule has 6 nitrogen and oxygen atoms in total. The lowest BCUT2D eigenvalue weighted by Crippen LogP contribution is -2.39. The molecule has 0 radical (unpaired) electrons. The Kier molecular flexibility index (Phi) is 4.05. The zero-order chi connectivity index (χ0) is 17.4. The van der Waals surface area contributed by atoms with E-state index in [1.54, 1.807) is 0 Å². The van der Waals surface area contributed by atoms with Crippen molar-refractivity contribution in [2.75, 3.05) is 13.3 Å². The van der Waals surface area contributed by atoms with Gasteiger partial charge < -0.3 is 14.6 Å². The summed E-state index contributed by atoms with van der Waals surface area (Å²) in [5.41, 5.74) is 2.73. The van der Waals surface area contributed by atoms with Crippen molar-refractivity contribution in [2.24, 2.45) is 0 Å². The molecule has 0 bridgehead atoms. The maximum Gasteiger partial charge on any atom is 0.320 e. The Labute approximate surface area is 146 Å². The van der Waals surface area contributed by atoms with Gasteiger partial charge >= 0.3 is 5.97 Å². The molecular formula is C19H20N2O4. The molecule has 1 aromatic carbocycles. The Hall–Kier alpha value is -2.60. The highest BCUT2D eigenvalue weighted by Gasteiger charge is 2.37. The first kappa shape index (κ1) is 15.9. The van der Waals surface area contributed by atoms with E-state index >= 15 is 0 Å². The minimum atomic E-state index is -0.782. The number of fused-ring (bicyclic) bond motifs is 1. The molecule has 0 saturated carbocycles. The van der Waals surface area contributed by atoms with Crippen LogP contribution in [0.3, 0.4) is 0 Å². The Bertz CT molecular complexity index is 808. The number of aryl methyl sites for hydroxylation is 1. The number of benzene rings is 1. The number of likely N-dealkylation sites (tertiary alicyclic amines) is 1. The van der Waals surface area contributed by atoms with E-state index in [9.17, 15) is 9.90 Å². The van der Waals surface area contributed by atoms with E-state index in [0.29, 0.717) is 12.2 Å². The van der Waals surface area contributed by atoms with E-state index in [-0.39, 0.29) is 12.8 Å². The smallest absolute Gasteiger partial charge is 0.320 e. The van der Waals surface area contributed by atoms with Crippen LogP contribution in [-0.2, 0) is 4.79 Å². The number of carboxylic acid groups (broad SMARTS) is 1. The third-order valence-electron chi connectivity index (χ3n) is 4.81. The van der Waals surface area contributed by atoms with Gasteiger partial charge in [-0.15, -0.1) is 0 Å². The number of rotatable bonds is 4. The average molecular weight is 340 g/mol. The van der Waals surface area contributed by atoms with Gasteiger partial charge in [0, 0.05) is 12.2 Å². The lowest BCUT2D eigenvalue weighted by molar-refractivity contribution is -0.142. The van der Waals surface area contributed by atoms with Crippen molar-refractivity contribution in [3.63, 3.8) is 0 Å². The Morgan fingerprint density at radius 1 is 1.28 bits per heavy atom. The van der Waals surface area contributed by atoms with Crippen LogP contribution in [0.1, 0.15) is 35.8 Å². The van der Waals surface area contributed by atoms with Crippen molar-refractivity contribution in [3.8, 4) is 11.5 Å². The first-order valence-corrected chi connectivity index (χ1v) is 8.45. The van der Waals surface area contributed by atoms with Crippen LogP contribution in [0.4, 0.5) is 0 Å². The number of pyridine rings is 1. The number of aromatic nitrogens is 1. The molecule has 1 saturated heterocycles. The lowest BCUT2D eigenvalue weighted by atomic mass is 9.99. The molecule has 1 aromatic heterocycles. The highest BCUT2D eigenvalue weighted by Crippen LogP contribution is 2.39. The molecule has 1 N–H and O–H groups in total. The van der Waals surface area contributed by atoms with Crippen molar-refractivity contribution in [2.45, 2.75) is 31.8 Å². The highest BCUT2D eigenvalue weighted by atomic mass is 16.7. The van der Waals surface area contributed by atoms with Gasteiger partial charge in [0.25, 0.3) is 0 Å². The first-order valence-electron chi connectivity index (χ1n) is 8.45. The third-order valence-corrected chi connectivity index (χ3v) is 4.81. The molecule has 2 aliphatic heterocycles. The van der Waals surface area contributed by atoms with Gasteiger partial charge in [0.1, 0.15) is 6.04 Å². The van der Waals surface area contributed by atoms with Gasteiger partial charge in [-0.05, 0) is 49.6 Å². The van der Waals surface area contributed by atoms with Crippen LogP contribution in [0, 0.1) is 6.92 Å². The molecule has 2 aliphatic rings. The first-order chi connectivity index (χ1) is 12.1. The number of hydrogen-bond donors (Lipinski definition) is 1. The molecule has 25 heavy (non-hydrogen) atoms. The van der Waals surface area contributed by atoms with Crippen molar-refractivity contribution in [3.05, 3.63) is 53.3 Å². The van der Waals surface area contributed by atoms with E-state index in [4.69, 9.17) is 9.47 Å². The van der Waals surface area contributed by atoms with Gasteiger partial charge in [0.2, 0.25) is 6.79 Å². The van der Waals surface area contributed by atoms with Crippen LogP contribution < -0.4 is 9.47 Å². The summed E-state index contributed by atoms with van der Waals surface area (Å²) >= 11 is 0. The van der Waals surface area contributed by atoms with Crippen LogP contribution in [0.5, 0.6) is 11.5 Å². The van der Waals surface area contributed by atoms with Crippen LogP contribution in [-0.4, -0.2) is 40.3 Å². The van der Waals surface area contributed by atoms with Crippen LogP contribution in [0.2, 0.25) is 0 Å². The average Bonchev–Trinajstić information content (AvgIpc) is 3.24. The molecule has 2 unspecified atom stereocenters. The van der Waals surface area contributed by atoms with Crippen LogP contribution in [0.25, 0.3) is 0 Å². The maximum absolute atomic E-state index is 11.7. The van der Waals surface area contributed by atoms with Crippen LogP contribution >= 0.6 is 0 Å². The van der Waals surface area contributed by atoms with Gasteiger partial charge in [0.15, 0.2) is 11.5 Å². The lowest BCUT2D eigenvalue weighted by Gasteiger charge is -2.31. The molecule has 4 rings (SSSR count). The number of carbonyl (C=O) groups is 1. The zero-order valence-electron chi connectivity index (χ0n) is 14.0. The number of nitrogens with zero attached hydrogens (tertiary/aromatic N) is 2. The molecule has 0 amide bonds. The second-order valence-electron chi connectivity index (χ2n) is 6.45. The second kappa shape index (κ2) is 6.37. The standard InChI is InChI=1S/C19H20N2O4/c1-12-4-2-5-14(20-12)18(21-9-3-6-15(21)19(22)23)13-7-8-16-17(10-13)25-11-24-16/h2,4-5,7-8,10,15,18H,3,6,9,11H2,1H3,(H,22,23). The van der Waals surface area contributed by atoms with Crippen molar-refractivity contribution < 1.29 is 19.4 Å². The van der Waals surface area contributed by atoms with E-state index < -0.39 is 12.0 Å². The van der Waals surface area contributed by atoms with Crippen LogP contribution in [0.15, 0.2) is 36.4 Å². The molecule has 0 aliphatic carbocycles. The normalized spacial score (nSPS) is 20.6. The summed E-state index contributed by atoms with van der Waals surface area (Å²) in [7, 11) is 0. The number of ether oxygens (including phenoxy) is 2. The summed E-state index contributed by atoms with van der Waals surface area (Å²) in [6.07, 6.45) is 1.52. The summed E-state index contributed by atoms with van der Waals surface area (Å²) in [5, 5.41) is 9.63. The molecule has 2 aromatic rings. The minimum absolute atomic E-state index is 0.216. The molecular weight excluding hydrogens is 320 g/mol. The third kappa shape index (κ3) is 2.93. The van der Waals surface area contributed by atoms with Gasteiger partial charge in [-0.25, -0.2) is 0 Å². The Morgan fingerprint density at radius 2 is 2.12 bits per heavy atom. The van der Waals surface area contributed by atoms with Gasteiger partial charge in [-0.1, -0.05) is 12.1 Å². The van der Waals surface area contributed by atoms with E-state index in [0.717, 1.165) is 35.7 Å². The molecule has 130 valence electrons. The monoisotopic (exact) mass is 340 g/mol. The number of carboxylic acids is 1. The van der Waals surface area contributed by atoms with Gasteiger partial charge in [0.05, 0.1) is 11.7 Å². The van der Waals surface area contributed by atoms with Crippen molar-refractivity contribution in [1.29, 1.82) is 0 Å². The summed E-state index contributed by atoms with van der Waals surface area (Å²) < 4.78 is 10.9. The summed E-state index contributed by atoms with van der Waals surface area (Å²) in [6.45, 7) is 2.89. The van der Waals surface area contributed by atoms with Gasteiger partial charge in [-0.3, -0.25) is 14.7 Å². The number of aliphatic carboxylic acids is 1. The largest absolute Gasteiger partial charge is 0.480 e. The molecule has 0 spiro atoms.